The van der Waals surface area contributed by atoms with Crippen molar-refractivity contribution in [1.82, 2.24) is 5.32 Å². The molecule has 1 aromatic carbocycles. The summed E-state index contributed by atoms with van der Waals surface area (Å²) in [5.41, 5.74) is 1.59. The Balaban J connectivity index is 1.87. The highest BCUT2D eigenvalue weighted by Crippen LogP contribution is 2.52. The van der Waals surface area contributed by atoms with Crippen molar-refractivity contribution in [1.29, 1.82) is 0 Å². The highest BCUT2D eigenvalue weighted by molar-refractivity contribution is 9.11. The molecule has 3 nitrogen and oxygen atoms in total. The third-order valence-electron chi connectivity index (χ3n) is 5.59. The summed E-state index contributed by atoms with van der Waals surface area (Å²) in [6.07, 6.45) is 4.34. The van der Waals surface area contributed by atoms with Gasteiger partial charge in [-0.2, -0.15) is 0 Å². The van der Waals surface area contributed by atoms with Crippen LogP contribution in [0.25, 0.3) is 0 Å². The number of halogens is 2. The minimum atomic E-state index is -0.243. The van der Waals surface area contributed by atoms with E-state index in [0.29, 0.717) is 11.3 Å². The van der Waals surface area contributed by atoms with Crippen LogP contribution in [0.15, 0.2) is 46.8 Å². The number of rotatable bonds is 3. The number of amides is 1. The lowest BCUT2D eigenvalue weighted by molar-refractivity contribution is 0.0968. The molecule has 2 aromatic rings. The van der Waals surface area contributed by atoms with Gasteiger partial charge in [0, 0.05) is 11.1 Å². The molecule has 0 aliphatic carbocycles. The van der Waals surface area contributed by atoms with Crippen LogP contribution in [0.2, 0.25) is 0 Å². The van der Waals surface area contributed by atoms with Gasteiger partial charge >= 0.3 is 0 Å². The van der Waals surface area contributed by atoms with Crippen molar-refractivity contribution in [2.24, 2.45) is 0 Å². The van der Waals surface area contributed by atoms with Crippen LogP contribution in [0.1, 0.15) is 34.5 Å². The molecule has 1 aromatic heterocycles. The number of carbonyl (C=O) groups is 1. The highest BCUT2D eigenvalue weighted by Gasteiger charge is 2.52. The van der Waals surface area contributed by atoms with Gasteiger partial charge in [-0.1, -0.05) is 6.08 Å². The van der Waals surface area contributed by atoms with Crippen LogP contribution < -0.4 is 10.2 Å². The van der Waals surface area contributed by atoms with Crippen molar-refractivity contribution in [3.8, 4) is 0 Å². The number of piperidine rings is 1. The molecule has 1 N–H and O–H groups in total. The summed E-state index contributed by atoms with van der Waals surface area (Å²) in [6.45, 7) is 5.66. The van der Waals surface area contributed by atoms with Gasteiger partial charge in [-0.15, -0.1) is 17.9 Å². The number of nitrogens with zero attached hydrogens (tertiary/aromatic N) is 1. The van der Waals surface area contributed by atoms with Crippen LogP contribution in [-0.4, -0.2) is 25.0 Å². The van der Waals surface area contributed by atoms with E-state index < -0.39 is 0 Å². The highest BCUT2D eigenvalue weighted by atomic mass is 79.9. The van der Waals surface area contributed by atoms with E-state index in [9.17, 15) is 9.18 Å². The van der Waals surface area contributed by atoms with Crippen LogP contribution in [-0.2, 0) is 5.41 Å². The first-order valence-electron chi connectivity index (χ1n) is 8.77. The molecule has 3 heterocycles. The maximum atomic E-state index is 14.1. The summed E-state index contributed by atoms with van der Waals surface area (Å²) in [6, 6.07) is 8.55. The minimum Gasteiger partial charge on any atom is -0.317 e. The molecule has 136 valence electrons. The van der Waals surface area contributed by atoms with Crippen LogP contribution in [0.5, 0.6) is 0 Å². The Morgan fingerprint density at radius 1 is 1.38 bits per heavy atom. The summed E-state index contributed by atoms with van der Waals surface area (Å²) in [5.74, 6) is -0.261. The topological polar surface area (TPSA) is 32.3 Å². The maximum Gasteiger partial charge on any atom is 0.268 e. The molecule has 0 saturated carbocycles. The SMILES string of the molecule is C=CC[C@H]1N(C(=O)c2ccc(Br)s2)c2ccc(F)cc2C12CCNCC2. The molecule has 0 radical (unpaired) electrons. The zero-order valence-electron chi connectivity index (χ0n) is 14.3. The Morgan fingerprint density at radius 3 is 2.81 bits per heavy atom. The Labute approximate surface area is 165 Å². The molecule has 1 fully saturated rings. The Morgan fingerprint density at radius 2 is 2.15 bits per heavy atom. The van der Waals surface area contributed by atoms with Crippen LogP contribution in [0.3, 0.4) is 0 Å². The van der Waals surface area contributed by atoms with Gasteiger partial charge in [-0.25, -0.2) is 4.39 Å². The largest absolute Gasteiger partial charge is 0.317 e. The molecular weight excluding hydrogens is 415 g/mol. The summed E-state index contributed by atoms with van der Waals surface area (Å²) >= 11 is 4.87. The van der Waals surface area contributed by atoms with Gasteiger partial charge in [-0.3, -0.25) is 4.79 Å². The maximum absolute atomic E-state index is 14.1. The first kappa shape index (κ1) is 17.9. The number of hydrogen-bond donors (Lipinski definition) is 1. The molecule has 1 atom stereocenters. The second-order valence-corrected chi connectivity index (χ2v) is 9.35. The number of thiophene rings is 1. The van der Waals surface area contributed by atoms with E-state index in [1.165, 1.54) is 17.4 Å². The van der Waals surface area contributed by atoms with E-state index in [1.807, 2.05) is 23.1 Å². The normalized spacial score (nSPS) is 21.0. The number of benzene rings is 1. The molecule has 4 rings (SSSR count). The first-order valence-corrected chi connectivity index (χ1v) is 10.4. The summed E-state index contributed by atoms with van der Waals surface area (Å²) < 4.78 is 15.1. The van der Waals surface area contributed by atoms with Gasteiger partial charge in [0.1, 0.15) is 5.82 Å². The van der Waals surface area contributed by atoms with Crippen molar-refractivity contribution >= 4 is 38.9 Å². The zero-order chi connectivity index (χ0) is 18.3. The Hall–Kier alpha value is -1.50. The van der Waals surface area contributed by atoms with Gasteiger partial charge in [0.2, 0.25) is 0 Å². The van der Waals surface area contributed by atoms with E-state index in [2.05, 4.69) is 27.8 Å². The molecule has 1 amide bonds. The smallest absolute Gasteiger partial charge is 0.268 e. The molecule has 0 unspecified atom stereocenters. The van der Waals surface area contributed by atoms with Crippen LogP contribution in [0.4, 0.5) is 10.1 Å². The minimum absolute atomic E-state index is 0.0178. The fourth-order valence-electron chi connectivity index (χ4n) is 4.47. The fourth-order valence-corrected chi connectivity index (χ4v) is 5.80. The van der Waals surface area contributed by atoms with E-state index in [-0.39, 0.29) is 23.2 Å². The Kier molecular flexibility index (Phi) is 4.75. The molecule has 1 spiro atoms. The molecule has 6 heteroatoms. The van der Waals surface area contributed by atoms with E-state index in [4.69, 9.17) is 0 Å². The van der Waals surface area contributed by atoms with E-state index in [1.54, 1.807) is 12.1 Å². The van der Waals surface area contributed by atoms with Crippen molar-refractivity contribution < 1.29 is 9.18 Å². The molecule has 26 heavy (non-hydrogen) atoms. The molecular formula is C20H20BrFN2OS. The standard InChI is InChI=1S/C20H20BrFN2OS/c1-2-3-17-20(8-10-23-11-9-20)14-12-13(22)4-5-15(14)24(17)19(25)16-6-7-18(21)26-16/h2,4-7,12,17,23H,1,3,8-11H2/t17-/m1/s1. The summed E-state index contributed by atoms with van der Waals surface area (Å²) in [7, 11) is 0. The lowest BCUT2D eigenvalue weighted by Crippen LogP contribution is -2.51. The third kappa shape index (κ3) is 2.75. The van der Waals surface area contributed by atoms with Gasteiger partial charge in [0.25, 0.3) is 5.91 Å². The number of nitrogens with one attached hydrogen (secondary N) is 1. The molecule has 1 saturated heterocycles. The van der Waals surface area contributed by atoms with Gasteiger partial charge in [0.15, 0.2) is 0 Å². The number of anilines is 1. The average Bonchev–Trinajstić information content (AvgIpc) is 3.17. The van der Waals surface area contributed by atoms with Gasteiger partial charge in [-0.05, 0) is 84.2 Å². The van der Waals surface area contributed by atoms with Crippen molar-refractivity contribution in [3.63, 3.8) is 0 Å². The quantitative estimate of drug-likeness (QED) is 0.698. The van der Waals surface area contributed by atoms with Crippen molar-refractivity contribution in [2.45, 2.75) is 30.7 Å². The van der Waals surface area contributed by atoms with Gasteiger partial charge < -0.3 is 10.2 Å². The summed E-state index contributed by atoms with van der Waals surface area (Å²) in [5, 5.41) is 3.40. The number of hydrogen-bond acceptors (Lipinski definition) is 3. The molecule has 2 aliphatic heterocycles. The second-order valence-electron chi connectivity index (χ2n) is 6.89. The molecule has 0 bridgehead atoms. The first-order chi connectivity index (χ1) is 12.6. The predicted octanol–water partition coefficient (Wildman–Crippen LogP) is 4.88. The van der Waals surface area contributed by atoms with Gasteiger partial charge in [0.05, 0.1) is 14.7 Å². The second kappa shape index (κ2) is 6.91. The van der Waals surface area contributed by atoms with E-state index in [0.717, 1.165) is 41.0 Å². The lowest BCUT2D eigenvalue weighted by Gasteiger charge is -2.41. The van der Waals surface area contributed by atoms with E-state index >= 15 is 0 Å². The Bertz CT molecular complexity index is 859. The predicted molar refractivity (Wildman–Crippen MR) is 108 cm³/mol. The fraction of sp³-hybridized carbons (Fsp3) is 0.350. The number of carbonyl (C=O) groups excluding carboxylic acids is 1. The third-order valence-corrected chi connectivity index (χ3v) is 7.20. The van der Waals surface area contributed by atoms with Crippen LogP contribution >= 0.6 is 27.3 Å². The van der Waals surface area contributed by atoms with Crippen molar-refractivity contribution in [2.75, 3.05) is 18.0 Å². The lowest BCUT2D eigenvalue weighted by atomic mass is 9.69. The monoisotopic (exact) mass is 434 g/mol. The average molecular weight is 435 g/mol. The number of fused-ring (bicyclic) bond motifs is 2. The van der Waals surface area contributed by atoms with Crippen molar-refractivity contribution in [3.05, 3.63) is 63.0 Å². The van der Waals surface area contributed by atoms with Crippen LogP contribution in [0, 0.1) is 5.82 Å². The molecule has 2 aliphatic rings. The summed E-state index contributed by atoms with van der Waals surface area (Å²) in [4.78, 5) is 16.0. The zero-order valence-corrected chi connectivity index (χ0v) is 16.7.